The quantitative estimate of drug-likeness (QED) is 0.331. The summed E-state index contributed by atoms with van der Waals surface area (Å²) in [6, 6.07) is 8.57. The Balaban J connectivity index is 1.23. The number of nitrogens with one attached hydrogen (secondary N) is 3. The van der Waals surface area contributed by atoms with Crippen LogP contribution in [0.15, 0.2) is 43.1 Å². The molecule has 0 spiro atoms. The highest BCUT2D eigenvalue weighted by Gasteiger charge is 2.28. The first kappa shape index (κ1) is 31.1. The number of nitrogens with zero attached hydrogens (tertiary/aromatic N) is 4. The standard InChI is InChI=1S/C32H38ClN7O4/c1-5-22-23(8-9-27(44-4)29(22)34-2)26-19-36-30(38(26)3)31(42)37-21-6-7-24(25(33)17-21)32(43)40-14-12-39(13-15-40)28(41)16-20-10-11-35-18-20/h5-9,17,19-20,34-35H,1,10-16,18H2,2-4H3,(H,37,42)/t20-/m0/s1. The van der Waals surface area contributed by atoms with Crippen LogP contribution in [0.4, 0.5) is 11.4 Å². The first-order valence-electron chi connectivity index (χ1n) is 14.7. The van der Waals surface area contributed by atoms with Crippen molar-refractivity contribution in [3.63, 3.8) is 0 Å². The predicted molar refractivity (Wildman–Crippen MR) is 172 cm³/mol. The van der Waals surface area contributed by atoms with Crippen molar-refractivity contribution < 1.29 is 19.1 Å². The van der Waals surface area contributed by atoms with Crippen LogP contribution in [0.25, 0.3) is 17.3 Å². The molecule has 0 unspecified atom stereocenters. The van der Waals surface area contributed by atoms with Crippen LogP contribution in [0.1, 0.15) is 39.4 Å². The molecule has 2 aliphatic rings. The molecule has 0 aliphatic carbocycles. The molecule has 2 fully saturated rings. The van der Waals surface area contributed by atoms with E-state index in [0.29, 0.717) is 55.5 Å². The molecule has 1 atom stereocenters. The van der Waals surface area contributed by atoms with Gasteiger partial charge in [-0.1, -0.05) is 24.3 Å². The Kier molecular flexibility index (Phi) is 9.55. The minimum atomic E-state index is -0.425. The van der Waals surface area contributed by atoms with Crippen LogP contribution in [0.3, 0.4) is 0 Å². The van der Waals surface area contributed by atoms with Crippen molar-refractivity contribution in [1.82, 2.24) is 24.7 Å². The van der Waals surface area contributed by atoms with E-state index in [0.717, 1.165) is 42.0 Å². The van der Waals surface area contributed by atoms with Crippen molar-refractivity contribution >= 4 is 46.8 Å². The summed E-state index contributed by atoms with van der Waals surface area (Å²) in [7, 11) is 5.17. The van der Waals surface area contributed by atoms with E-state index in [1.54, 1.807) is 61.1 Å². The van der Waals surface area contributed by atoms with Crippen molar-refractivity contribution in [2.45, 2.75) is 12.8 Å². The van der Waals surface area contributed by atoms with Crippen LogP contribution < -0.4 is 20.7 Å². The maximum atomic E-state index is 13.3. The summed E-state index contributed by atoms with van der Waals surface area (Å²) in [6.45, 7) is 7.70. The molecule has 12 heteroatoms. The van der Waals surface area contributed by atoms with Crippen LogP contribution in [-0.4, -0.2) is 90.5 Å². The molecule has 2 aromatic carbocycles. The van der Waals surface area contributed by atoms with Gasteiger partial charge in [0.05, 0.1) is 35.3 Å². The van der Waals surface area contributed by atoms with E-state index < -0.39 is 5.91 Å². The number of rotatable bonds is 9. The molecule has 3 heterocycles. The van der Waals surface area contributed by atoms with Gasteiger partial charge in [0.15, 0.2) is 5.82 Å². The molecule has 2 saturated heterocycles. The lowest BCUT2D eigenvalue weighted by atomic mass is 10.0. The van der Waals surface area contributed by atoms with Crippen molar-refractivity contribution in [3.05, 3.63) is 65.1 Å². The van der Waals surface area contributed by atoms with E-state index in [1.165, 1.54) is 0 Å². The number of methoxy groups -OCH3 is 1. The van der Waals surface area contributed by atoms with E-state index in [-0.39, 0.29) is 22.7 Å². The topological polar surface area (TPSA) is 121 Å². The number of hydrogen-bond acceptors (Lipinski definition) is 7. The number of halogens is 1. The van der Waals surface area contributed by atoms with Crippen molar-refractivity contribution in [1.29, 1.82) is 0 Å². The number of aromatic nitrogens is 2. The maximum absolute atomic E-state index is 13.3. The lowest BCUT2D eigenvalue weighted by Crippen LogP contribution is -2.51. The molecule has 2 aliphatic heterocycles. The fourth-order valence-electron chi connectivity index (χ4n) is 5.88. The summed E-state index contributed by atoms with van der Waals surface area (Å²) in [5.41, 5.74) is 3.94. The number of ether oxygens (including phenoxy) is 1. The summed E-state index contributed by atoms with van der Waals surface area (Å²) in [5.74, 6) is 0.790. The third kappa shape index (κ3) is 6.29. The molecule has 3 N–H and O–H groups in total. The SMILES string of the molecule is C=Cc1c(-c2cnc(C(=O)Nc3ccc(C(=O)N4CCN(C(=O)C[C@@H]5CCNC5)CC4)c(Cl)c3)n2C)ccc(OC)c1NC. The number of amides is 3. The predicted octanol–water partition coefficient (Wildman–Crippen LogP) is 3.97. The zero-order chi connectivity index (χ0) is 31.4. The Morgan fingerprint density at radius 2 is 1.91 bits per heavy atom. The van der Waals surface area contributed by atoms with E-state index in [9.17, 15) is 14.4 Å². The Hall–Kier alpha value is -4.35. The monoisotopic (exact) mass is 619 g/mol. The molecule has 11 nitrogen and oxygen atoms in total. The average molecular weight is 620 g/mol. The smallest absolute Gasteiger partial charge is 0.291 e. The van der Waals surface area contributed by atoms with Gasteiger partial charge in [0.1, 0.15) is 5.75 Å². The zero-order valence-electron chi connectivity index (χ0n) is 25.3. The van der Waals surface area contributed by atoms with Gasteiger partial charge >= 0.3 is 0 Å². The lowest BCUT2D eigenvalue weighted by Gasteiger charge is -2.35. The number of carbonyl (C=O) groups excluding carboxylic acids is 3. The Bertz CT molecular complexity index is 1570. The van der Waals surface area contributed by atoms with Crippen LogP contribution in [0.2, 0.25) is 5.02 Å². The molecule has 0 bridgehead atoms. The van der Waals surface area contributed by atoms with Crippen LogP contribution >= 0.6 is 11.6 Å². The van der Waals surface area contributed by atoms with Gasteiger partial charge in [-0.3, -0.25) is 14.4 Å². The number of imidazole rings is 1. The number of hydrogen-bond donors (Lipinski definition) is 3. The van der Waals surface area contributed by atoms with E-state index in [2.05, 4.69) is 27.5 Å². The summed E-state index contributed by atoms with van der Waals surface area (Å²) in [4.78, 5) is 47.1. The van der Waals surface area contributed by atoms with Gasteiger partial charge in [-0.25, -0.2) is 4.98 Å². The molecule has 5 rings (SSSR count). The fourth-order valence-corrected chi connectivity index (χ4v) is 6.14. The second-order valence-corrected chi connectivity index (χ2v) is 11.4. The highest BCUT2D eigenvalue weighted by molar-refractivity contribution is 6.34. The Morgan fingerprint density at radius 3 is 2.55 bits per heavy atom. The number of piperazine rings is 1. The molecule has 232 valence electrons. The lowest BCUT2D eigenvalue weighted by molar-refractivity contribution is -0.133. The minimum Gasteiger partial charge on any atom is -0.495 e. The summed E-state index contributed by atoms with van der Waals surface area (Å²) < 4.78 is 7.17. The first-order valence-corrected chi connectivity index (χ1v) is 15.0. The maximum Gasteiger partial charge on any atom is 0.291 e. The highest BCUT2D eigenvalue weighted by Crippen LogP contribution is 2.37. The zero-order valence-corrected chi connectivity index (χ0v) is 26.0. The molecule has 1 aromatic heterocycles. The van der Waals surface area contributed by atoms with Crippen LogP contribution in [0, 0.1) is 5.92 Å². The highest BCUT2D eigenvalue weighted by atomic mass is 35.5. The van der Waals surface area contributed by atoms with Gasteiger partial charge in [-0.05, 0) is 55.8 Å². The molecule has 3 aromatic rings. The van der Waals surface area contributed by atoms with Crippen molar-refractivity contribution in [2.24, 2.45) is 13.0 Å². The molecular formula is C32H38ClN7O4. The second-order valence-electron chi connectivity index (χ2n) is 11.0. The van der Waals surface area contributed by atoms with Gasteiger partial charge in [0.2, 0.25) is 5.91 Å². The fraction of sp³-hybridized carbons (Fsp3) is 0.375. The van der Waals surface area contributed by atoms with Gasteiger partial charge in [0, 0.05) is 63.5 Å². The van der Waals surface area contributed by atoms with E-state index >= 15 is 0 Å². The number of carbonyl (C=O) groups is 3. The van der Waals surface area contributed by atoms with E-state index in [1.807, 2.05) is 17.0 Å². The number of benzene rings is 2. The molecular weight excluding hydrogens is 582 g/mol. The van der Waals surface area contributed by atoms with Gasteiger partial charge in [0.25, 0.3) is 11.8 Å². The average Bonchev–Trinajstić information content (AvgIpc) is 3.69. The van der Waals surface area contributed by atoms with Gasteiger partial charge < -0.3 is 35.1 Å². The summed E-state index contributed by atoms with van der Waals surface area (Å²) in [5, 5.41) is 9.51. The summed E-state index contributed by atoms with van der Waals surface area (Å²) >= 11 is 6.53. The van der Waals surface area contributed by atoms with Crippen molar-refractivity contribution in [2.75, 3.05) is 64.1 Å². The normalized spacial score (nSPS) is 16.5. The Morgan fingerprint density at radius 1 is 1.16 bits per heavy atom. The summed E-state index contributed by atoms with van der Waals surface area (Å²) in [6.07, 6.45) is 4.95. The third-order valence-corrected chi connectivity index (χ3v) is 8.66. The van der Waals surface area contributed by atoms with Gasteiger partial charge in [-0.15, -0.1) is 0 Å². The third-order valence-electron chi connectivity index (χ3n) is 8.35. The molecule has 0 radical (unpaired) electrons. The number of anilines is 2. The largest absolute Gasteiger partial charge is 0.495 e. The molecule has 0 saturated carbocycles. The van der Waals surface area contributed by atoms with E-state index in [4.69, 9.17) is 16.3 Å². The molecule has 44 heavy (non-hydrogen) atoms. The minimum absolute atomic E-state index is 0.150. The van der Waals surface area contributed by atoms with Crippen LogP contribution in [-0.2, 0) is 11.8 Å². The first-order chi connectivity index (χ1) is 21.2. The van der Waals surface area contributed by atoms with Gasteiger partial charge in [-0.2, -0.15) is 0 Å². The van der Waals surface area contributed by atoms with Crippen molar-refractivity contribution in [3.8, 4) is 17.0 Å². The second kappa shape index (κ2) is 13.5. The molecule has 3 amide bonds. The van der Waals surface area contributed by atoms with Crippen LogP contribution in [0.5, 0.6) is 5.75 Å². The Labute approximate surface area is 262 Å².